The van der Waals surface area contributed by atoms with Gasteiger partial charge >= 0.3 is 0 Å². The van der Waals surface area contributed by atoms with Gasteiger partial charge in [-0.25, -0.2) is 8.78 Å². The second-order valence-electron chi connectivity index (χ2n) is 5.31. The minimum atomic E-state index is -0.634. The molecule has 1 heterocycles. The maximum atomic E-state index is 13.5. The van der Waals surface area contributed by atoms with Crippen molar-refractivity contribution >= 4 is 5.78 Å². The standard InChI is InChI=1S/C14H15F2NO/c15-10-2-4-13(16)12(6-10)14(18)8-17-7-9-1-3-11(17)5-9/h2,4,6,9,11H,1,3,5,7-8H2. The zero-order valence-electron chi connectivity index (χ0n) is 10.0. The van der Waals surface area contributed by atoms with E-state index < -0.39 is 11.6 Å². The molecule has 2 aliphatic rings. The number of hydrogen-bond donors (Lipinski definition) is 0. The average molecular weight is 251 g/mol. The van der Waals surface area contributed by atoms with Crippen LogP contribution >= 0.6 is 0 Å². The van der Waals surface area contributed by atoms with E-state index in [2.05, 4.69) is 4.90 Å². The Morgan fingerprint density at radius 1 is 1.33 bits per heavy atom. The molecule has 0 radical (unpaired) electrons. The van der Waals surface area contributed by atoms with Gasteiger partial charge in [-0.1, -0.05) is 0 Å². The number of ketones is 1. The summed E-state index contributed by atoms with van der Waals surface area (Å²) in [7, 11) is 0. The van der Waals surface area contributed by atoms with E-state index >= 15 is 0 Å². The van der Waals surface area contributed by atoms with Crippen molar-refractivity contribution in [1.82, 2.24) is 4.90 Å². The van der Waals surface area contributed by atoms with Gasteiger partial charge in [-0.15, -0.1) is 0 Å². The second-order valence-corrected chi connectivity index (χ2v) is 5.31. The van der Waals surface area contributed by atoms with Gasteiger partial charge in [0.25, 0.3) is 0 Å². The van der Waals surface area contributed by atoms with Crippen LogP contribution in [-0.2, 0) is 0 Å². The summed E-state index contributed by atoms with van der Waals surface area (Å²) in [6, 6.07) is 3.50. The van der Waals surface area contributed by atoms with Crippen LogP contribution < -0.4 is 0 Å². The number of hydrogen-bond acceptors (Lipinski definition) is 2. The summed E-state index contributed by atoms with van der Waals surface area (Å²) in [5.41, 5.74) is -0.127. The fourth-order valence-electron chi connectivity index (χ4n) is 3.20. The Balaban J connectivity index is 1.73. The highest BCUT2D eigenvalue weighted by atomic mass is 19.1. The number of Topliss-reactive ketones (excluding diaryl/α,β-unsaturated/α-hetero) is 1. The van der Waals surface area contributed by atoms with Crippen molar-refractivity contribution in [3.8, 4) is 0 Å². The van der Waals surface area contributed by atoms with Gasteiger partial charge in [0.05, 0.1) is 12.1 Å². The van der Waals surface area contributed by atoms with Crippen molar-refractivity contribution in [3.63, 3.8) is 0 Å². The largest absolute Gasteiger partial charge is 0.293 e. The van der Waals surface area contributed by atoms with Crippen LogP contribution in [0, 0.1) is 17.6 Å². The molecule has 2 fully saturated rings. The molecule has 4 heteroatoms. The first-order valence-corrected chi connectivity index (χ1v) is 6.36. The molecule has 0 spiro atoms. The molecule has 2 nitrogen and oxygen atoms in total. The lowest BCUT2D eigenvalue weighted by atomic mass is 10.1. The van der Waals surface area contributed by atoms with Gasteiger partial charge in [0.2, 0.25) is 0 Å². The predicted molar refractivity (Wildman–Crippen MR) is 63.4 cm³/mol. The maximum Gasteiger partial charge on any atom is 0.179 e. The van der Waals surface area contributed by atoms with Crippen LogP contribution in [-0.4, -0.2) is 29.8 Å². The van der Waals surface area contributed by atoms with Crippen LogP contribution in [0.5, 0.6) is 0 Å². The topological polar surface area (TPSA) is 20.3 Å². The number of halogens is 2. The van der Waals surface area contributed by atoms with Gasteiger partial charge in [-0.2, -0.15) is 0 Å². The molecule has 1 aromatic rings. The number of rotatable bonds is 3. The molecular weight excluding hydrogens is 236 g/mol. The lowest BCUT2D eigenvalue weighted by Crippen LogP contribution is -2.36. The summed E-state index contributed by atoms with van der Waals surface area (Å²) in [6.45, 7) is 1.13. The van der Waals surface area contributed by atoms with E-state index in [0.717, 1.165) is 37.6 Å². The highest BCUT2D eigenvalue weighted by Gasteiger charge is 2.38. The lowest BCUT2D eigenvalue weighted by Gasteiger charge is -2.25. The number of benzene rings is 1. The molecule has 1 saturated carbocycles. The lowest BCUT2D eigenvalue weighted by molar-refractivity contribution is 0.0900. The summed E-state index contributed by atoms with van der Waals surface area (Å²) in [5, 5.41) is 0. The van der Waals surface area contributed by atoms with E-state index in [1.165, 1.54) is 6.42 Å². The number of likely N-dealkylation sites (tertiary alicyclic amines) is 1. The summed E-state index contributed by atoms with van der Waals surface area (Å²) in [4.78, 5) is 14.1. The maximum absolute atomic E-state index is 13.5. The van der Waals surface area contributed by atoms with Gasteiger partial charge in [0, 0.05) is 12.6 Å². The quantitative estimate of drug-likeness (QED) is 0.770. The molecule has 18 heavy (non-hydrogen) atoms. The van der Waals surface area contributed by atoms with Crippen molar-refractivity contribution in [2.24, 2.45) is 5.92 Å². The molecule has 1 aliphatic carbocycles. The zero-order valence-corrected chi connectivity index (χ0v) is 10.0. The zero-order chi connectivity index (χ0) is 12.7. The first-order chi connectivity index (χ1) is 8.63. The molecular formula is C14H15F2NO. The van der Waals surface area contributed by atoms with Crippen molar-refractivity contribution in [2.75, 3.05) is 13.1 Å². The Morgan fingerprint density at radius 2 is 2.17 bits per heavy atom. The fraction of sp³-hybridized carbons (Fsp3) is 0.500. The Bertz CT molecular complexity index is 489. The molecule has 1 aliphatic heterocycles. The third kappa shape index (κ3) is 2.05. The smallest absolute Gasteiger partial charge is 0.179 e. The van der Waals surface area contributed by atoms with E-state index in [1.807, 2.05) is 0 Å². The molecule has 1 aromatic carbocycles. The van der Waals surface area contributed by atoms with Crippen LogP contribution in [0.4, 0.5) is 8.78 Å². The van der Waals surface area contributed by atoms with Gasteiger partial charge in [-0.05, 0) is 43.4 Å². The van der Waals surface area contributed by atoms with E-state index in [-0.39, 0.29) is 17.9 Å². The summed E-state index contributed by atoms with van der Waals surface area (Å²) in [5.74, 6) is -0.826. The Morgan fingerprint density at radius 3 is 2.83 bits per heavy atom. The summed E-state index contributed by atoms with van der Waals surface area (Å²) in [6.07, 6.45) is 3.52. The molecule has 2 unspecified atom stereocenters. The fourth-order valence-corrected chi connectivity index (χ4v) is 3.20. The first kappa shape index (κ1) is 11.8. The highest BCUT2D eigenvalue weighted by molar-refractivity contribution is 5.97. The molecule has 1 saturated heterocycles. The number of carbonyl (C=O) groups excluding carboxylic acids is 1. The Labute approximate surface area is 105 Å². The number of carbonyl (C=O) groups is 1. The van der Waals surface area contributed by atoms with Crippen molar-refractivity contribution < 1.29 is 13.6 Å². The SMILES string of the molecule is O=C(CN1CC2CCC1C2)c1cc(F)ccc1F. The number of piperidine rings is 1. The van der Waals surface area contributed by atoms with Gasteiger partial charge in [0.1, 0.15) is 11.6 Å². The molecule has 0 aromatic heterocycles. The molecule has 0 N–H and O–H groups in total. The third-order valence-corrected chi connectivity index (χ3v) is 4.10. The molecule has 0 amide bonds. The summed E-state index contributed by atoms with van der Waals surface area (Å²) >= 11 is 0. The van der Waals surface area contributed by atoms with Crippen LogP contribution in [0.3, 0.4) is 0 Å². The summed E-state index contributed by atoms with van der Waals surface area (Å²) < 4.78 is 26.5. The predicted octanol–water partition coefficient (Wildman–Crippen LogP) is 2.63. The molecule has 2 atom stereocenters. The normalized spacial score (nSPS) is 26.8. The van der Waals surface area contributed by atoms with Crippen LogP contribution in [0.2, 0.25) is 0 Å². The third-order valence-electron chi connectivity index (χ3n) is 4.10. The first-order valence-electron chi connectivity index (χ1n) is 6.36. The van der Waals surface area contributed by atoms with E-state index in [1.54, 1.807) is 0 Å². The molecule has 96 valence electrons. The number of fused-ring (bicyclic) bond motifs is 2. The minimum Gasteiger partial charge on any atom is -0.293 e. The minimum absolute atomic E-state index is 0.127. The molecule has 3 rings (SSSR count). The van der Waals surface area contributed by atoms with Gasteiger partial charge < -0.3 is 0 Å². The Hall–Kier alpha value is -1.29. The number of nitrogens with zero attached hydrogens (tertiary/aromatic N) is 1. The Kier molecular flexibility index (Phi) is 2.90. The van der Waals surface area contributed by atoms with E-state index in [9.17, 15) is 13.6 Å². The van der Waals surface area contributed by atoms with Crippen LogP contribution in [0.25, 0.3) is 0 Å². The molecule has 2 bridgehead atoms. The van der Waals surface area contributed by atoms with Crippen LogP contribution in [0.1, 0.15) is 29.6 Å². The average Bonchev–Trinajstić information content (AvgIpc) is 2.94. The van der Waals surface area contributed by atoms with Crippen LogP contribution in [0.15, 0.2) is 18.2 Å². The highest BCUT2D eigenvalue weighted by Crippen LogP contribution is 2.37. The van der Waals surface area contributed by atoms with Gasteiger partial charge in [0.15, 0.2) is 5.78 Å². The monoisotopic (exact) mass is 251 g/mol. The second kappa shape index (κ2) is 4.43. The van der Waals surface area contributed by atoms with Crippen molar-refractivity contribution in [2.45, 2.75) is 25.3 Å². The van der Waals surface area contributed by atoms with Crippen molar-refractivity contribution in [3.05, 3.63) is 35.4 Å². The van der Waals surface area contributed by atoms with E-state index in [4.69, 9.17) is 0 Å². The van der Waals surface area contributed by atoms with Crippen molar-refractivity contribution in [1.29, 1.82) is 0 Å². The van der Waals surface area contributed by atoms with E-state index in [0.29, 0.717) is 12.0 Å². The van der Waals surface area contributed by atoms with Gasteiger partial charge in [-0.3, -0.25) is 9.69 Å².